The average Bonchev–Trinajstić information content (AvgIpc) is 0.867. The summed E-state index contributed by atoms with van der Waals surface area (Å²) in [5, 5.41) is 31.2. The van der Waals surface area contributed by atoms with E-state index in [1.165, 1.54) is 89.9 Å². The van der Waals surface area contributed by atoms with Gasteiger partial charge < -0.3 is 52.6 Å². The fraction of sp³-hybridized carbons (Fsp3) is 0.780. The molecule has 0 spiro atoms. The van der Waals surface area contributed by atoms with Gasteiger partial charge in [0.2, 0.25) is 0 Å². The van der Waals surface area contributed by atoms with E-state index >= 15 is 0 Å². The topological polar surface area (TPSA) is 281 Å². The van der Waals surface area contributed by atoms with E-state index in [9.17, 15) is 43.2 Å². The Kier molecular flexibility index (Phi) is 71.9. The molecule has 0 bridgehead atoms. The Hall–Kier alpha value is -6.31. The highest BCUT2D eigenvalue weighted by Crippen LogP contribution is 2.33. The molecule has 145 heavy (non-hydrogen) atoms. The maximum atomic E-state index is 11.8. The van der Waals surface area contributed by atoms with Gasteiger partial charge in [-0.3, -0.25) is 57.9 Å². The first-order chi connectivity index (χ1) is 67.9. The van der Waals surface area contributed by atoms with Crippen LogP contribution in [-0.4, -0.2) is 230 Å². The number of piperazine rings is 1. The molecule has 3 aromatic carbocycles. The Morgan fingerprint density at radius 2 is 0.559 bits per heavy atom. The molecular formula is C123H222N12O10. The maximum Gasteiger partial charge on any atom is 0.165 e. The Labute approximate surface area is 888 Å². The lowest BCUT2D eigenvalue weighted by molar-refractivity contribution is -0.127. The fourth-order valence-electron chi connectivity index (χ4n) is 18.7. The van der Waals surface area contributed by atoms with Crippen LogP contribution >= 0.6 is 0 Å². The van der Waals surface area contributed by atoms with Gasteiger partial charge in [-0.2, -0.15) is 0 Å². The fourth-order valence-corrected chi connectivity index (χ4v) is 18.7. The number of nitrogens with one attached hydrogen (secondary N) is 9. The highest BCUT2D eigenvalue weighted by atomic mass is 16.5. The number of ether oxygens (including phenoxy) is 1. The van der Waals surface area contributed by atoms with Crippen LogP contribution in [0.2, 0.25) is 0 Å². The zero-order valence-corrected chi connectivity index (χ0v) is 99.3. The molecule has 2 aliphatic heterocycles. The van der Waals surface area contributed by atoms with Gasteiger partial charge in [0.25, 0.3) is 0 Å². The minimum absolute atomic E-state index is 0.0343. The highest BCUT2D eigenvalue weighted by Gasteiger charge is 2.32. The molecule has 22 nitrogen and oxygen atoms in total. The minimum Gasteiger partial charge on any atom is -0.492 e. The molecule has 0 atom stereocenters. The van der Waals surface area contributed by atoms with Gasteiger partial charge in [-0.05, 0) is 221 Å². The lowest BCUT2D eigenvalue weighted by Crippen LogP contribution is -2.49. The molecular weight excluding hydrogens is 1810 g/mol. The Morgan fingerprint density at radius 1 is 0.276 bits per heavy atom. The van der Waals surface area contributed by atoms with E-state index in [2.05, 4.69) is 187 Å². The number of carbonyl (C=O) groups excluding carboxylic acids is 9. The van der Waals surface area contributed by atoms with Crippen molar-refractivity contribution in [2.45, 2.75) is 469 Å². The summed E-state index contributed by atoms with van der Waals surface area (Å²) in [5.41, 5.74) is 4.80. The van der Waals surface area contributed by atoms with E-state index in [1.807, 2.05) is 197 Å². The first kappa shape index (κ1) is 137. The summed E-state index contributed by atoms with van der Waals surface area (Å²) in [6.45, 7) is 85.7. The zero-order valence-electron chi connectivity index (χ0n) is 99.3. The smallest absolute Gasteiger partial charge is 0.165 e. The summed E-state index contributed by atoms with van der Waals surface area (Å²) in [5.74, 6) is 7.44. The van der Waals surface area contributed by atoms with Crippen molar-refractivity contribution in [2.75, 3.05) is 89.2 Å². The number of benzene rings is 3. The third kappa shape index (κ3) is 65.5. The van der Waals surface area contributed by atoms with Crippen molar-refractivity contribution >= 4 is 63.4 Å². The number of piperidine rings is 1. The van der Waals surface area contributed by atoms with E-state index in [4.69, 9.17) is 4.74 Å². The average molecular weight is 2030 g/mol. The first-order valence-electron chi connectivity index (χ1n) is 57.6. The van der Waals surface area contributed by atoms with Crippen molar-refractivity contribution in [1.82, 2.24) is 51.9 Å². The quantitative estimate of drug-likeness (QED) is 0.0188. The molecule has 4 aliphatic carbocycles. The number of Topliss-reactive ketones (excluding diaryl/α,β-unsaturated/α-hetero) is 9. The number of rotatable bonds is 46. The van der Waals surface area contributed by atoms with Crippen LogP contribution in [0.4, 0.5) is 11.4 Å². The molecule has 22 heteroatoms. The Morgan fingerprint density at radius 3 is 0.848 bits per heavy atom. The highest BCUT2D eigenvalue weighted by molar-refractivity contribution is 5.98. The molecule has 4 saturated carbocycles. The second-order valence-corrected chi connectivity index (χ2v) is 48.1. The number of likely N-dealkylation sites (tertiary alicyclic amines) is 1. The van der Waals surface area contributed by atoms with Crippen molar-refractivity contribution < 1.29 is 47.9 Å². The van der Waals surface area contributed by atoms with Crippen molar-refractivity contribution in [3.05, 3.63) is 89.5 Å². The Bertz CT molecular complexity index is 3760. The van der Waals surface area contributed by atoms with Crippen molar-refractivity contribution in [1.29, 1.82) is 0 Å². The van der Waals surface area contributed by atoms with Gasteiger partial charge in [0.1, 0.15) is 52.8 Å². The summed E-state index contributed by atoms with van der Waals surface area (Å²) < 4.78 is 5.58. The second-order valence-electron chi connectivity index (χ2n) is 48.1. The first-order valence-corrected chi connectivity index (χ1v) is 57.6. The molecule has 9 N–H and O–H groups in total. The molecule has 0 aromatic heterocycles. The van der Waals surface area contributed by atoms with Crippen LogP contribution < -0.4 is 52.6 Å². The summed E-state index contributed by atoms with van der Waals surface area (Å²) in [6, 6.07) is 31.2. The number of nitrogens with zero attached hydrogens (tertiary/aromatic N) is 3. The van der Waals surface area contributed by atoms with Gasteiger partial charge >= 0.3 is 0 Å². The standard InChI is InChI=1S/C15H23NO2.C14H29N3O.2C14H27NO.C14H21NO.C13H26N2O.2C13H25NO.C13H19NO/c1-11(2)15(17)13-5-7-14(8-6-13)18-10-9-16-12(3)4;1-12(2)14(18)11-17-9-7-16(8-10-17)6-5-15-13(3)4;3*1-10(2)14(16)9-12-5-7-13(8-6-12)15-11(3)4;1-10(2)13(16)9-15-7-5-12(6-8-15)14-11(3)4;3*1-9(2)13(15)11-5-7-12(8-6-11)14-10(3)4/h5-8,11-12,16H,9-10H2,1-4H3;12-13,15H,5-11H2,1-4H3;2*10-13,15H,5-9H2,1-4H3;5-8,10-11,15H,9H2,1-4H3;10-12,14H,5-9H2,1-4H3;2*9-12,14H,5-8H2,1-4H3;5-10,14H,1-4H3. The molecule has 2 saturated heterocycles. The molecule has 2 heterocycles. The van der Waals surface area contributed by atoms with E-state index in [1.54, 1.807) is 0 Å². The van der Waals surface area contributed by atoms with Gasteiger partial charge in [-0.15, -0.1) is 0 Å². The maximum absolute atomic E-state index is 11.8. The van der Waals surface area contributed by atoms with Crippen LogP contribution in [0.5, 0.6) is 5.75 Å². The third-order valence-electron chi connectivity index (χ3n) is 27.5. The van der Waals surface area contributed by atoms with Crippen LogP contribution in [0.25, 0.3) is 0 Å². The van der Waals surface area contributed by atoms with Crippen LogP contribution in [-0.2, 0) is 40.0 Å². The molecule has 6 fully saturated rings. The van der Waals surface area contributed by atoms with Crippen molar-refractivity contribution in [2.24, 2.45) is 76.9 Å². The summed E-state index contributed by atoms with van der Waals surface area (Å²) >= 11 is 0. The normalized spacial score (nSPS) is 19.7. The number of hydrogen-bond donors (Lipinski definition) is 9. The number of hydrogen-bond acceptors (Lipinski definition) is 22. The number of anilines is 2. The molecule has 6 aliphatic rings. The SMILES string of the molecule is CC(C)NC1CCC(C(=O)C(C)C)CC1.CC(C)NC1CCC(C(=O)C(C)C)CC1.CC(C)NC1CCC(CC(=O)C(C)C)CC1.CC(C)NC1CCC(CC(=O)C(C)C)CC1.CC(C)NC1CCN(CC(=O)C(C)C)CC1.CC(C)NCCN1CCN(CC(=O)C(C)C)CC1.CC(C)NCCOc1ccc(C(=O)C(C)C)cc1.CC(C)Nc1ccc(C(=O)C(C)C)cc1.CC(C)Nc1ccc(CC(=O)C(C)C)cc1. The third-order valence-corrected chi connectivity index (χ3v) is 27.5. The number of carbonyl (C=O) groups is 9. The van der Waals surface area contributed by atoms with Crippen LogP contribution in [0.3, 0.4) is 0 Å². The number of ketones is 9. The molecule has 0 radical (unpaired) electrons. The molecule has 834 valence electrons. The van der Waals surface area contributed by atoms with Crippen LogP contribution in [0.15, 0.2) is 72.8 Å². The summed E-state index contributed by atoms with van der Waals surface area (Å²) in [7, 11) is 0. The van der Waals surface area contributed by atoms with Gasteiger partial charge in [-0.25, -0.2) is 0 Å². The summed E-state index contributed by atoms with van der Waals surface area (Å²) in [6.07, 6.45) is 23.4. The van der Waals surface area contributed by atoms with Gasteiger partial charge in [0, 0.05) is 250 Å². The van der Waals surface area contributed by atoms with Crippen molar-refractivity contribution in [3.8, 4) is 5.75 Å². The summed E-state index contributed by atoms with van der Waals surface area (Å²) in [4.78, 5) is 112. The molecule has 0 amide bonds. The van der Waals surface area contributed by atoms with Crippen LogP contribution in [0.1, 0.15) is 404 Å². The predicted molar refractivity (Wildman–Crippen MR) is 615 cm³/mol. The largest absolute Gasteiger partial charge is 0.492 e. The lowest BCUT2D eigenvalue weighted by Gasteiger charge is -2.34. The predicted octanol–water partition coefficient (Wildman–Crippen LogP) is 23.9. The van der Waals surface area contributed by atoms with Gasteiger partial charge in [-0.1, -0.05) is 234 Å². The second kappa shape index (κ2) is 76.2. The van der Waals surface area contributed by atoms with Gasteiger partial charge in [0.15, 0.2) is 11.6 Å². The monoisotopic (exact) mass is 2030 g/mol. The molecule has 9 rings (SSSR count). The van der Waals surface area contributed by atoms with Crippen LogP contribution in [0, 0.1) is 76.9 Å². The van der Waals surface area contributed by atoms with E-state index in [-0.39, 0.29) is 64.8 Å². The zero-order chi connectivity index (χ0) is 110. The van der Waals surface area contributed by atoms with Crippen molar-refractivity contribution in [3.63, 3.8) is 0 Å². The minimum atomic E-state index is 0.0343. The van der Waals surface area contributed by atoms with E-state index in [0.29, 0.717) is 175 Å². The van der Waals surface area contributed by atoms with E-state index < -0.39 is 0 Å². The Balaban J connectivity index is 0.000000816. The molecule has 0 unspecified atom stereocenters. The molecule has 3 aromatic rings. The lowest BCUT2D eigenvalue weighted by atomic mass is 9.80. The van der Waals surface area contributed by atoms with E-state index in [0.717, 1.165) is 131 Å². The van der Waals surface area contributed by atoms with Gasteiger partial charge in [0.05, 0.1) is 13.1 Å².